The number of amidine groups is 1. The Kier molecular flexibility index (Phi) is 2.80. The van der Waals surface area contributed by atoms with Crippen molar-refractivity contribution in [2.75, 3.05) is 5.32 Å². The summed E-state index contributed by atoms with van der Waals surface area (Å²) >= 11 is 6.03. The van der Waals surface area contributed by atoms with Gasteiger partial charge in [-0.25, -0.2) is 0 Å². The van der Waals surface area contributed by atoms with Crippen LogP contribution < -0.4 is 5.32 Å². The third-order valence-corrected chi connectivity index (χ3v) is 4.42. The molecule has 0 radical (unpaired) electrons. The molecule has 1 aliphatic rings. The van der Waals surface area contributed by atoms with Crippen LogP contribution in [0.15, 0.2) is 57.8 Å². The number of nitrogens with one attached hydrogen (secondary N) is 1. The van der Waals surface area contributed by atoms with E-state index < -0.39 is 10.0 Å². The Morgan fingerprint density at radius 1 is 1.00 bits per heavy atom. The van der Waals surface area contributed by atoms with Gasteiger partial charge in [0, 0.05) is 5.56 Å². The molecule has 0 amide bonds. The molecular formula is C13H9ClN2O2S. The molecule has 3 rings (SSSR count). The van der Waals surface area contributed by atoms with Gasteiger partial charge in [-0.05, 0) is 24.3 Å². The number of hydrogen-bond donors (Lipinski definition) is 1. The van der Waals surface area contributed by atoms with Crippen molar-refractivity contribution in [3.8, 4) is 0 Å². The highest BCUT2D eigenvalue weighted by atomic mass is 35.5. The zero-order chi connectivity index (χ0) is 13.5. The van der Waals surface area contributed by atoms with Crippen LogP contribution in [0, 0.1) is 0 Å². The molecule has 1 aliphatic heterocycles. The second-order valence-electron chi connectivity index (χ2n) is 4.02. The van der Waals surface area contributed by atoms with Crippen LogP contribution in [0.2, 0.25) is 5.02 Å². The highest BCUT2D eigenvalue weighted by Gasteiger charge is 2.28. The topological polar surface area (TPSA) is 58.5 Å². The number of rotatable bonds is 1. The fourth-order valence-electron chi connectivity index (χ4n) is 1.89. The molecule has 0 unspecified atom stereocenters. The Labute approximate surface area is 115 Å². The smallest absolute Gasteiger partial charge is 0.285 e. The van der Waals surface area contributed by atoms with E-state index >= 15 is 0 Å². The van der Waals surface area contributed by atoms with E-state index in [4.69, 9.17) is 11.6 Å². The molecule has 4 nitrogen and oxygen atoms in total. The Morgan fingerprint density at radius 2 is 1.68 bits per heavy atom. The molecule has 0 saturated heterocycles. The van der Waals surface area contributed by atoms with E-state index in [1.807, 2.05) is 6.07 Å². The molecule has 1 N–H and O–H groups in total. The molecular weight excluding hydrogens is 284 g/mol. The number of hydrogen-bond acceptors (Lipinski definition) is 3. The molecule has 0 atom stereocenters. The molecule has 0 bridgehead atoms. The highest BCUT2D eigenvalue weighted by molar-refractivity contribution is 7.90. The summed E-state index contributed by atoms with van der Waals surface area (Å²) in [6.45, 7) is 0. The van der Waals surface area contributed by atoms with Gasteiger partial charge in [0.1, 0.15) is 4.90 Å². The first-order valence-corrected chi connectivity index (χ1v) is 7.36. The van der Waals surface area contributed by atoms with Crippen LogP contribution in [0.3, 0.4) is 0 Å². The number of halogens is 1. The Bertz CT molecular complexity index is 785. The number of benzene rings is 2. The minimum absolute atomic E-state index is 0.213. The zero-order valence-corrected chi connectivity index (χ0v) is 11.2. The summed E-state index contributed by atoms with van der Waals surface area (Å²) in [4.78, 5) is 0.213. The molecule has 96 valence electrons. The lowest BCUT2D eigenvalue weighted by molar-refractivity contribution is 0.599. The van der Waals surface area contributed by atoms with E-state index in [0.717, 1.165) is 0 Å². The first kappa shape index (κ1) is 12.2. The number of nitrogens with zero attached hydrogens (tertiary/aromatic N) is 1. The minimum atomic E-state index is -3.61. The van der Waals surface area contributed by atoms with Gasteiger partial charge in [-0.2, -0.15) is 8.42 Å². The molecule has 0 fully saturated rings. The van der Waals surface area contributed by atoms with Gasteiger partial charge in [-0.15, -0.1) is 4.40 Å². The van der Waals surface area contributed by atoms with Crippen LogP contribution in [-0.4, -0.2) is 14.3 Å². The standard InChI is InChI=1S/C13H9ClN2O2S/c14-10-6-2-3-7-11(10)15-13-9-5-1-4-8-12(9)19(17,18)16-13/h1-8H,(H,15,16). The molecule has 6 heteroatoms. The van der Waals surface area contributed by atoms with Crippen molar-refractivity contribution in [3.05, 3.63) is 59.1 Å². The fourth-order valence-corrected chi connectivity index (χ4v) is 3.24. The predicted molar refractivity (Wildman–Crippen MR) is 75.2 cm³/mol. The largest absolute Gasteiger partial charge is 0.338 e. The molecule has 0 aromatic heterocycles. The van der Waals surface area contributed by atoms with E-state index in [1.165, 1.54) is 6.07 Å². The van der Waals surface area contributed by atoms with Gasteiger partial charge in [0.2, 0.25) is 0 Å². The van der Waals surface area contributed by atoms with Gasteiger partial charge in [-0.1, -0.05) is 35.9 Å². The number of sulfonamides is 1. The SMILES string of the molecule is O=S1(=O)N=C(Nc2ccccc2Cl)c2ccccc21. The minimum Gasteiger partial charge on any atom is -0.338 e. The summed E-state index contributed by atoms with van der Waals surface area (Å²) in [7, 11) is -3.61. The maximum atomic E-state index is 11.9. The number of para-hydroxylation sites is 1. The van der Waals surface area contributed by atoms with Gasteiger partial charge in [0.15, 0.2) is 5.84 Å². The summed E-state index contributed by atoms with van der Waals surface area (Å²) in [5.74, 6) is 0.295. The lowest BCUT2D eigenvalue weighted by Crippen LogP contribution is -2.11. The molecule has 0 aliphatic carbocycles. The average Bonchev–Trinajstić information content (AvgIpc) is 2.65. The van der Waals surface area contributed by atoms with Gasteiger partial charge in [0.25, 0.3) is 10.0 Å². The highest BCUT2D eigenvalue weighted by Crippen LogP contribution is 2.28. The van der Waals surface area contributed by atoms with E-state index in [1.54, 1.807) is 36.4 Å². The normalized spacial score (nSPS) is 15.7. The quantitative estimate of drug-likeness (QED) is 0.879. The van der Waals surface area contributed by atoms with Gasteiger partial charge in [-0.3, -0.25) is 0 Å². The lowest BCUT2D eigenvalue weighted by atomic mass is 10.2. The third kappa shape index (κ3) is 2.11. The van der Waals surface area contributed by atoms with Crippen molar-refractivity contribution >= 4 is 33.1 Å². The predicted octanol–water partition coefficient (Wildman–Crippen LogP) is 2.90. The van der Waals surface area contributed by atoms with E-state index in [-0.39, 0.29) is 4.90 Å². The van der Waals surface area contributed by atoms with Crippen LogP contribution in [0.4, 0.5) is 5.69 Å². The zero-order valence-electron chi connectivity index (χ0n) is 9.67. The Hall–Kier alpha value is -1.85. The van der Waals surface area contributed by atoms with E-state index in [9.17, 15) is 8.42 Å². The maximum Gasteiger partial charge on any atom is 0.285 e. The monoisotopic (exact) mass is 292 g/mol. The first-order chi connectivity index (χ1) is 9.08. The van der Waals surface area contributed by atoms with Crippen LogP contribution in [0.5, 0.6) is 0 Å². The van der Waals surface area contributed by atoms with Crippen LogP contribution >= 0.6 is 11.6 Å². The van der Waals surface area contributed by atoms with Crippen molar-refractivity contribution < 1.29 is 8.42 Å². The maximum absolute atomic E-state index is 11.9. The lowest BCUT2D eigenvalue weighted by Gasteiger charge is -2.07. The Balaban J connectivity index is 2.07. The Morgan fingerprint density at radius 3 is 2.47 bits per heavy atom. The summed E-state index contributed by atoms with van der Waals surface area (Å²) < 4.78 is 27.5. The number of fused-ring (bicyclic) bond motifs is 1. The molecule has 0 spiro atoms. The molecule has 2 aromatic rings. The van der Waals surface area contributed by atoms with Crippen LogP contribution in [0.25, 0.3) is 0 Å². The molecule has 19 heavy (non-hydrogen) atoms. The van der Waals surface area contributed by atoms with Crippen LogP contribution in [-0.2, 0) is 10.0 Å². The van der Waals surface area contributed by atoms with Crippen molar-refractivity contribution in [2.45, 2.75) is 4.90 Å². The van der Waals surface area contributed by atoms with E-state index in [0.29, 0.717) is 22.1 Å². The average molecular weight is 293 g/mol. The summed E-state index contributed by atoms with van der Waals surface area (Å²) in [5, 5.41) is 3.47. The fraction of sp³-hybridized carbons (Fsp3) is 0. The second kappa shape index (κ2) is 4.36. The summed E-state index contributed by atoms with van der Waals surface area (Å²) in [6.07, 6.45) is 0. The molecule has 0 saturated carbocycles. The van der Waals surface area contributed by atoms with E-state index in [2.05, 4.69) is 9.71 Å². The van der Waals surface area contributed by atoms with Gasteiger partial charge < -0.3 is 5.32 Å². The second-order valence-corrected chi connectivity index (χ2v) is 6.00. The van der Waals surface area contributed by atoms with Crippen molar-refractivity contribution in [1.29, 1.82) is 0 Å². The molecule has 2 aromatic carbocycles. The van der Waals surface area contributed by atoms with Crippen molar-refractivity contribution in [2.24, 2.45) is 4.40 Å². The number of anilines is 1. The third-order valence-electron chi connectivity index (χ3n) is 2.76. The summed E-state index contributed by atoms with van der Waals surface area (Å²) in [6, 6.07) is 13.8. The van der Waals surface area contributed by atoms with Crippen LogP contribution in [0.1, 0.15) is 5.56 Å². The van der Waals surface area contributed by atoms with Gasteiger partial charge >= 0.3 is 0 Å². The molecule has 1 heterocycles. The van der Waals surface area contributed by atoms with Crippen molar-refractivity contribution in [1.82, 2.24) is 0 Å². The van der Waals surface area contributed by atoms with Crippen molar-refractivity contribution in [3.63, 3.8) is 0 Å². The van der Waals surface area contributed by atoms with Gasteiger partial charge in [0.05, 0.1) is 10.7 Å². The first-order valence-electron chi connectivity index (χ1n) is 5.54. The summed E-state index contributed by atoms with van der Waals surface area (Å²) in [5.41, 5.74) is 1.18.